The van der Waals surface area contributed by atoms with Crippen LogP contribution in [0.2, 0.25) is 0 Å². The van der Waals surface area contributed by atoms with Gasteiger partial charge in [0.2, 0.25) is 0 Å². The molecule has 0 unspecified atom stereocenters. The first-order valence-electron chi connectivity index (χ1n) is 7.89. The lowest BCUT2D eigenvalue weighted by molar-refractivity contribution is 0.0695. The molecule has 110 valence electrons. The summed E-state index contributed by atoms with van der Waals surface area (Å²) in [7, 11) is 0. The van der Waals surface area contributed by atoms with Crippen molar-refractivity contribution in [2.24, 2.45) is 5.92 Å². The van der Waals surface area contributed by atoms with E-state index in [0.717, 1.165) is 49.8 Å². The zero-order valence-corrected chi connectivity index (χ0v) is 13.1. The first-order valence-corrected chi connectivity index (χ1v) is 8.71. The van der Waals surface area contributed by atoms with Gasteiger partial charge < -0.3 is 10.2 Å². The molecule has 0 bridgehead atoms. The number of carbonyl (C=O) groups excluding carboxylic acids is 1. The Labute approximate surface area is 125 Å². The number of aryl methyl sites for hydroxylation is 2. The Hall–Kier alpha value is -0.870. The average molecular weight is 292 g/mol. The zero-order chi connectivity index (χ0) is 13.9. The van der Waals surface area contributed by atoms with Crippen LogP contribution in [0.1, 0.15) is 46.3 Å². The molecular weight excluding hydrogens is 268 g/mol. The lowest BCUT2D eigenvalue weighted by atomic mass is 9.96. The molecule has 2 heterocycles. The topological polar surface area (TPSA) is 32.3 Å². The molecule has 1 saturated heterocycles. The van der Waals surface area contributed by atoms with Crippen LogP contribution in [0.4, 0.5) is 0 Å². The van der Waals surface area contributed by atoms with E-state index in [0.29, 0.717) is 0 Å². The van der Waals surface area contributed by atoms with Crippen LogP contribution in [-0.2, 0) is 12.8 Å². The van der Waals surface area contributed by atoms with Crippen molar-refractivity contribution < 1.29 is 4.79 Å². The van der Waals surface area contributed by atoms with Gasteiger partial charge in [-0.1, -0.05) is 6.92 Å². The molecular formula is C16H24N2OS. The molecule has 1 aliphatic carbocycles. The standard InChI is InChI=1S/C16H24N2OS/c1-2-17-11-12-6-8-18(9-7-12)16(19)15-10-13-4-3-5-14(13)20-15/h10,12,17H,2-9,11H2,1H3. The van der Waals surface area contributed by atoms with Gasteiger partial charge in [-0.2, -0.15) is 0 Å². The highest BCUT2D eigenvalue weighted by molar-refractivity contribution is 7.14. The number of piperidine rings is 1. The molecule has 1 aliphatic heterocycles. The van der Waals surface area contributed by atoms with Crippen LogP contribution < -0.4 is 5.32 Å². The summed E-state index contributed by atoms with van der Waals surface area (Å²) < 4.78 is 0. The third kappa shape index (κ3) is 2.91. The molecule has 3 nitrogen and oxygen atoms in total. The molecule has 1 aromatic heterocycles. The SMILES string of the molecule is CCNCC1CCN(C(=O)c2cc3c(s2)CCC3)CC1. The van der Waals surface area contributed by atoms with E-state index in [9.17, 15) is 4.79 Å². The normalized spacial score (nSPS) is 19.4. The van der Waals surface area contributed by atoms with Gasteiger partial charge in [-0.15, -0.1) is 11.3 Å². The molecule has 20 heavy (non-hydrogen) atoms. The maximum Gasteiger partial charge on any atom is 0.263 e. The number of nitrogens with zero attached hydrogens (tertiary/aromatic N) is 1. The van der Waals surface area contributed by atoms with Crippen LogP contribution in [0.15, 0.2) is 6.07 Å². The van der Waals surface area contributed by atoms with Crippen LogP contribution in [0, 0.1) is 5.92 Å². The van der Waals surface area contributed by atoms with Crippen molar-refractivity contribution in [3.05, 3.63) is 21.4 Å². The van der Waals surface area contributed by atoms with Crippen molar-refractivity contribution >= 4 is 17.2 Å². The van der Waals surface area contributed by atoms with Crippen LogP contribution >= 0.6 is 11.3 Å². The van der Waals surface area contributed by atoms with Gasteiger partial charge in [-0.25, -0.2) is 0 Å². The second-order valence-electron chi connectivity index (χ2n) is 5.96. The largest absolute Gasteiger partial charge is 0.338 e. The highest BCUT2D eigenvalue weighted by atomic mass is 32.1. The summed E-state index contributed by atoms with van der Waals surface area (Å²) in [6.07, 6.45) is 5.90. The molecule has 0 saturated carbocycles. The third-order valence-corrected chi connectivity index (χ3v) is 5.77. The van der Waals surface area contributed by atoms with Gasteiger partial charge in [-0.05, 0) is 62.7 Å². The number of nitrogens with one attached hydrogen (secondary N) is 1. The Bertz CT molecular complexity index is 453. The fraction of sp³-hybridized carbons (Fsp3) is 0.688. The number of rotatable bonds is 4. The van der Waals surface area contributed by atoms with E-state index in [2.05, 4.69) is 23.2 Å². The maximum atomic E-state index is 12.5. The van der Waals surface area contributed by atoms with Crippen molar-refractivity contribution in [3.8, 4) is 0 Å². The minimum atomic E-state index is 0.270. The number of thiophene rings is 1. The van der Waals surface area contributed by atoms with Crippen LogP contribution in [0.5, 0.6) is 0 Å². The Balaban J connectivity index is 1.56. The molecule has 0 atom stereocenters. The second-order valence-corrected chi connectivity index (χ2v) is 7.09. The molecule has 0 radical (unpaired) electrons. The van der Waals surface area contributed by atoms with E-state index in [1.807, 2.05) is 0 Å². The van der Waals surface area contributed by atoms with Gasteiger partial charge in [0.15, 0.2) is 0 Å². The fourth-order valence-electron chi connectivity index (χ4n) is 3.28. The van der Waals surface area contributed by atoms with E-state index >= 15 is 0 Å². The van der Waals surface area contributed by atoms with Crippen molar-refractivity contribution in [2.45, 2.75) is 39.0 Å². The second kappa shape index (κ2) is 6.27. The summed E-state index contributed by atoms with van der Waals surface area (Å²) in [5, 5.41) is 3.42. The number of hydrogen-bond donors (Lipinski definition) is 1. The third-order valence-electron chi connectivity index (χ3n) is 4.54. The summed E-state index contributed by atoms with van der Waals surface area (Å²) in [6.45, 7) is 6.15. The lowest BCUT2D eigenvalue weighted by Gasteiger charge is -2.31. The summed E-state index contributed by atoms with van der Waals surface area (Å²) in [4.78, 5) is 17.0. The Morgan fingerprint density at radius 1 is 1.40 bits per heavy atom. The first kappa shape index (κ1) is 14.1. The molecule has 0 aromatic carbocycles. The average Bonchev–Trinajstić information content (AvgIpc) is 3.06. The van der Waals surface area contributed by atoms with Crippen molar-refractivity contribution in [1.29, 1.82) is 0 Å². The summed E-state index contributed by atoms with van der Waals surface area (Å²) in [5.74, 6) is 1.01. The predicted molar refractivity (Wildman–Crippen MR) is 83.5 cm³/mol. The molecule has 2 aliphatic rings. The van der Waals surface area contributed by atoms with Gasteiger partial charge >= 0.3 is 0 Å². The Kier molecular flexibility index (Phi) is 4.41. The molecule has 4 heteroatoms. The van der Waals surface area contributed by atoms with Crippen molar-refractivity contribution in [1.82, 2.24) is 10.2 Å². The van der Waals surface area contributed by atoms with Gasteiger partial charge in [-0.3, -0.25) is 4.79 Å². The number of fused-ring (bicyclic) bond motifs is 1. The minimum absolute atomic E-state index is 0.270. The molecule has 3 rings (SSSR count). The highest BCUT2D eigenvalue weighted by Gasteiger charge is 2.26. The molecule has 1 amide bonds. The molecule has 0 spiro atoms. The summed E-state index contributed by atoms with van der Waals surface area (Å²) >= 11 is 1.73. The molecule has 1 N–H and O–H groups in total. The van der Waals surface area contributed by atoms with Gasteiger partial charge in [0.05, 0.1) is 4.88 Å². The van der Waals surface area contributed by atoms with Gasteiger partial charge in [0.25, 0.3) is 5.91 Å². The Morgan fingerprint density at radius 3 is 2.90 bits per heavy atom. The maximum absolute atomic E-state index is 12.5. The monoisotopic (exact) mass is 292 g/mol. The summed E-state index contributed by atoms with van der Waals surface area (Å²) in [6, 6.07) is 2.15. The van der Waals surface area contributed by atoms with Crippen LogP contribution in [0.3, 0.4) is 0 Å². The lowest BCUT2D eigenvalue weighted by Crippen LogP contribution is -2.40. The quantitative estimate of drug-likeness (QED) is 0.925. The number of likely N-dealkylation sites (tertiary alicyclic amines) is 1. The van der Waals surface area contributed by atoms with Crippen LogP contribution in [-0.4, -0.2) is 37.0 Å². The number of carbonyl (C=O) groups is 1. The van der Waals surface area contributed by atoms with E-state index in [-0.39, 0.29) is 5.91 Å². The minimum Gasteiger partial charge on any atom is -0.338 e. The number of amides is 1. The van der Waals surface area contributed by atoms with Gasteiger partial charge in [0, 0.05) is 18.0 Å². The highest BCUT2D eigenvalue weighted by Crippen LogP contribution is 2.31. The van der Waals surface area contributed by atoms with E-state index < -0.39 is 0 Å². The molecule has 1 aromatic rings. The van der Waals surface area contributed by atoms with E-state index in [4.69, 9.17) is 0 Å². The fourth-order valence-corrected chi connectivity index (χ4v) is 4.50. The zero-order valence-electron chi connectivity index (χ0n) is 12.3. The van der Waals surface area contributed by atoms with Crippen molar-refractivity contribution in [2.75, 3.05) is 26.2 Å². The Morgan fingerprint density at radius 2 is 2.20 bits per heavy atom. The van der Waals surface area contributed by atoms with Crippen molar-refractivity contribution in [3.63, 3.8) is 0 Å². The first-order chi connectivity index (χ1) is 9.78. The van der Waals surface area contributed by atoms with E-state index in [1.165, 1.54) is 29.7 Å². The van der Waals surface area contributed by atoms with E-state index in [1.54, 1.807) is 11.3 Å². The number of hydrogen-bond acceptors (Lipinski definition) is 3. The smallest absolute Gasteiger partial charge is 0.263 e. The molecule has 1 fully saturated rings. The summed E-state index contributed by atoms with van der Waals surface area (Å²) in [5.41, 5.74) is 1.43. The predicted octanol–water partition coefficient (Wildman–Crippen LogP) is 2.70. The van der Waals surface area contributed by atoms with Gasteiger partial charge in [0.1, 0.15) is 0 Å². The van der Waals surface area contributed by atoms with Crippen LogP contribution in [0.25, 0.3) is 0 Å².